The second-order valence-electron chi connectivity index (χ2n) is 6.32. The number of guanidine groups is 1. The van der Waals surface area contributed by atoms with Gasteiger partial charge >= 0.3 is 0 Å². The molecule has 2 N–H and O–H groups in total. The number of hydrogen-bond acceptors (Lipinski definition) is 3. The molecular weight excluding hydrogens is 425 g/mol. The van der Waals surface area contributed by atoms with Gasteiger partial charge in [0.05, 0.1) is 11.5 Å². The summed E-state index contributed by atoms with van der Waals surface area (Å²) in [6.45, 7) is 0.830. The summed E-state index contributed by atoms with van der Waals surface area (Å²) in [5.74, 6) is 1.18. The third-order valence-corrected chi connectivity index (χ3v) is 6.40. The van der Waals surface area contributed by atoms with E-state index in [2.05, 4.69) is 39.9 Å². The average Bonchev–Trinajstić information content (AvgIpc) is 3.23. The second kappa shape index (κ2) is 7.38. The van der Waals surface area contributed by atoms with Crippen molar-refractivity contribution in [2.24, 2.45) is 4.99 Å². The molecule has 5 nitrogen and oxygen atoms in total. The first-order chi connectivity index (χ1) is 10.5. The Morgan fingerprint density at radius 1 is 1.30 bits per heavy atom. The van der Waals surface area contributed by atoms with Crippen LogP contribution in [0.2, 0.25) is 0 Å². The van der Waals surface area contributed by atoms with Crippen molar-refractivity contribution in [2.75, 3.05) is 25.1 Å². The van der Waals surface area contributed by atoms with Crippen LogP contribution in [0, 0.1) is 0 Å². The molecule has 2 aliphatic rings. The van der Waals surface area contributed by atoms with E-state index in [1.54, 1.807) is 7.05 Å². The molecule has 0 spiro atoms. The van der Waals surface area contributed by atoms with Gasteiger partial charge in [-0.2, -0.15) is 0 Å². The minimum Gasteiger partial charge on any atom is -0.356 e. The highest BCUT2D eigenvalue weighted by molar-refractivity contribution is 14.0. The summed E-state index contributed by atoms with van der Waals surface area (Å²) in [4.78, 5) is 4.22. The van der Waals surface area contributed by atoms with Gasteiger partial charge < -0.3 is 10.6 Å². The molecule has 1 aliphatic carbocycles. The number of hydrogen-bond donors (Lipinski definition) is 2. The Hall–Kier alpha value is -0.830. The normalized spacial score (nSPS) is 24.6. The molecule has 1 heterocycles. The van der Waals surface area contributed by atoms with Crippen LogP contribution in [0.3, 0.4) is 0 Å². The zero-order valence-corrected chi connectivity index (χ0v) is 16.4. The predicted octanol–water partition coefficient (Wildman–Crippen LogP) is 1.69. The van der Waals surface area contributed by atoms with E-state index in [0.717, 1.165) is 6.54 Å². The molecule has 1 aromatic carbocycles. The second-order valence-corrected chi connectivity index (χ2v) is 8.55. The van der Waals surface area contributed by atoms with Gasteiger partial charge in [-0.1, -0.05) is 30.3 Å². The number of aliphatic imine (C=N–C) groups is 1. The number of halogens is 1. The van der Waals surface area contributed by atoms with Crippen molar-refractivity contribution in [3.05, 3.63) is 35.9 Å². The van der Waals surface area contributed by atoms with Crippen molar-refractivity contribution in [3.63, 3.8) is 0 Å². The van der Waals surface area contributed by atoms with E-state index in [0.29, 0.717) is 12.4 Å². The van der Waals surface area contributed by atoms with Gasteiger partial charge in [0.2, 0.25) is 0 Å². The van der Waals surface area contributed by atoms with Gasteiger partial charge in [0.15, 0.2) is 15.8 Å². The molecule has 1 unspecified atom stereocenters. The van der Waals surface area contributed by atoms with Crippen molar-refractivity contribution >= 4 is 39.8 Å². The lowest BCUT2D eigenvalue weighted by Crippen LogP contribution is -2.46. The van der Waals surface area contributed by atoms with Crippen LogP contribution in [0.1, 0.15) is 24.8 Å². The molecule has 128 valence electrons. The molecule has 1 aromatic rings. The third-order valence-electron chi connectivity index (χ3n) is 4.63. The third kappa shape index (κ3) is 4.59. The molecule has 0 bridgehead atoms. The zero-order valence-electron chi connectivity index (χ0n) is 13.3. The van der Waals surface area contributed by atoms with Crippen molar-refractivity contribution in [1.82, 2.24) is 10.6 Å². The fraction of sp³-hybridized carbons (Fsp3) is 0.562. The van der Waals surface area contributed by atoms with Gasteiger partial charge in [0.25, 0.3) is 0 Å². The Labute approximate surface area is 155 Å². The fourth-order valence-electron chi connectivity index (χ4n) is 3.06. The summed E-state index contributed by atoms with van der Waals surface area (Å²) in [6.07, 6.45) is 3.02. The molecule has 3 rings (SSSR count). The number of benzene rings is 1. The lowest BCUT2D eigenvalue weighted by Gasteiger charge is -2.21. The van der Waals surface area contributed by atoms with Gasteiger partial charge in [-0.05, 0) is 24.8 Å². The maximum absolute atomic E-state index is 11.5. The molecule has 0 radical (unpaired) electrons. The van der Waals surface area contributed by atoms with Crippen molar-refractivity contribution < 1.29 is 8.42 Å². The average molecular weight is 449 g/mol. The first-order valence-corrected chi connectivity index (χ1v) is 9.58. The van der Waals surface area contributed by atoms with Crippen LogP contribution < -0.4 is 10.6 Å². The summed E-state index contributed by atoms with van der Waals surface area (Å²) < 4.78 is 23.0. The van der Waals surface area contributed by atoms with Crippen LogP contribution >= 0.6 is 24.0 Å². The first-order valence-electron chi connectivity index (χ1n) is 7.76. The number of sulfone groups is 1. The Balaban J connectivity index is 0.00000192. The van der Waals surface area contributed by atoms with Crippen LogP contribution in [-0.4, -0.2) is 45.5 Å². The zero-order chi connectivity index (χ0) is 15.6. The van der Waals surface area contributed by atoms with Crippen LogP contribution in [0.5, 0.6) is 0 Å². The lowest BCUT2D eigenvalue weighted by molar-refractivity contribution is 0.597. The van der Waals surface area contributed by atoms with Crippen molar-refractivity contribution in [2.45, 2.75) is 30.7 Å². The Morgan fingerprint density at radius 3 is 2.52 bits per heavy atom. The summed E-state index contributed by atoms with van der Waals surface area (Å²) in [6, 6.07) is 10.5. The Morgan fingerprint density at radius 2 is 2.00 bits per heavy atom. The molecule has 1 saturated carbocycles. The predicted molar refractivity (Wildman–Crippen MR) is 104 cm³/mol. The van der Waals surface area contributed by atoms with E-state index in [1.807, 2.05) is 6.07 Å². The highest BCUT2D eigenvalue weighted by Gasteiger charge is 2.44. The lowest BCUT2D eigenvalue weighted by atomic mass is 9.96. The largest absolute Gasteiger partial charge is 0.356 e. The Bertz CT molecular complexity index is 657. The smallest absolute Gasteiger partial charge is 0.191 e. The SMILES string of the molecule is CN=C(NCC1(c2ccccc2)CC1)NC1CCS(=O)(=O)C1.I. The number of nitrogens with zero attached hydrogens (tertiary/aromatic N) is 1. The minimum absolute atomic E-state index is 0. The van der Waals surface area contributed by atoms with Crippen LogP contribution in [0.15, 0.2) is 35.3 Å². The number of nitrogens with one attached hydrogen (secondary N) is 2. The maximum atomic E-state index is 11.5. The van der Waals surface area contributed by atoms with Gasteiger partial charge in [0.1, 0.15) is 0 Å². The van der Waals surface area contributed by atoms with Crippen LogP contribution in [-0.2, 0) is 15.3 Å². The van der Waals surface area contributed by atoms with E-state index in [-0.39, 0.29) is 46.9 Å². The van der Waals surface area contributed by atoms with Crippen LogP contribution in [0.25, 0.3) is 0 Å². The quantitative estimate of drug-likeness (QED) is 0.417. The minimum atomic E-state index is -2.87. The molecular formula is C16H24IN3O2S. The number of rotatable bonds is 4. The Kier molecular flexibility index (Phi) is 5.94. The van der Waals surface area contributed by atoms with Gasteiger partial charge in [-0.25, -0.2) is 8.42 Å². The summed E-state index contributed by atoms with van der Waals surface area (Å²) in [5.41, 5.74) is 1.57. The van der Waals surface area contributed by atoms with Crippen molar-refractivity contribution in [1.29, 1.82) is 0 Å². The molecule has 1 aliphatic heterocycles. The summed E-state index contributed by atoms with van der Waals surface area (Å²) >= 11 is 0. The molecule has 23 heavy (non-hydrogen) atoms. The molecule has 1 saturated heterocycles. The summed E-state index contributed by atoms with van der Waals surface area (Å²) in [7, 11) is -1.15. The standard InChI is InChI=1S/C16H23N3O2S.HI/c1-17-15(19-14-7-10-22(20,21)11-14)18-12-16(8-9-16)13-5-3-2-4-6-13;/h2-6,14H,7-12H2,1H3,(H2,17,18,19);1H. The van der Waals surface area contributed by atoms with Crippen molar-refractivity contribution in [3.8, 4) is 0 Å². The highest BCUT2D eigenvalue weighted by Crippen LogP contribution is 2.47. The molecule has 7 heteroatoms. The first kappa shape index (κ1) is 18.5. The molecule has 0 aromatic heterocycles. The molecule has 2 fully saturated rings. The van der Waals surface area contributed by atoms with E-state index in [1.165, 1.54) is 18.4 Å². The van der Waals surface area contributed by atoms with E-state index in [4.69, 9.17) is 0 Å². The molecule has 0 amide bonds. The van der Waals surface area contributed by atoms with E-state index < -0.39 is 9.84 Å². The van der Waals surface area contributed by atoms with E-state index >= 15 is 0 Å². The van der Waals surface area contributed by atoms with Gasteiger partial charge in [0, 0.05) is 25.0 Å². The van der Waals surface area contributed by atoms with Crippen LogP contribution in [0.4, 0.5) is 0 Å². The highest BCUT2D eigenvalue weighted by atomic mass is 127. The van der Waals surface area contributed by atoms with E-state index in [9.17, 15) is 8.42 Å². The van der Waals surface area contributed by atoms with Gasteiger partial charge in [-0.15, -0.1) is 24.0 Å². The monoisotopic (exact) mass is 449 g/mol. The topological polar surface area (TPSA) is 70.6 Å². The summed E-state index contributed by atoms with van der Waals surface area (Å²) in [5, 5.41) is 6.60. The van der Waals surface area contributed by atoms with Gasteiger partial charge in [-0.3, -0.25) is 4.99 Å². The molecule has 1 atom stereocenters. The fourth-order valence-corrected chi connectivity index (χ4v) is 4.73. The maximum Gasteiger partial charge on any atom is 0.191 e.